The van der Waals surface area contributed by atoms with E-state index in [-0.39, 0.29) is 43.1 Å². The number of hydrogen-bond donors (Lipinski definition) is 2. The van der Waals surface area contributed by atoms with E-state index in [2.05, 4.69) is 16.9 Å². The molecule has 43 heavy (non-hydrogen) atoms. The van der Waals surface area contributed by atoms with Crippen LogP contribution in [0.4, 0.5) is 4.79 Å². The SMILES string of the molecule is C=CCN1CC(=O)N2C(Cc3ccc(O)cc3)C(=O)N(Cc3cccnc3C3CC3)CC2N1C(=O)NCc1ccccc1. The Morgan fingerprint density at radius 2 is 1.79 bits per heavy atom. The van der Waals surface area contributed by atoms with Crippen LogP contribution in [0.25, 0.3) is 0 Å². The highest BCUT2D eigenvalue weighted by Gasteiger charge is 2.51. The number of phenols is 1. The summed E-state index contributed by atoms with van der Waals surface area (Å²) in [4.78, 5) is 49.8. The maximum absolute atomic E-state index is 14.2. The Bertz CT molecular complexity index is 1490. The highest BCUT2D eigenvalue weighted by Crippen LogP contribution is 2.41. The van der Waals surface area contributed by atoms with Crippen molar-refractivity contribution in [3.05, 3.63) is 108 Å². The molecule has 3 fully saturated rings. The van der Waals surface area contributed by atoms with Crippen LogP contribution in [0.3, 0.4) is 0 Å². The number of pyridine rings is 1. The molecule has 0 spiro atoms. The molecule has 3 aliphatic rings. The number of benzene rings is 2. The monoisotopic (exact) mass is 580 g/mol. The van der Waals surface area contributed by atoms with Crippen molar-refractivity contribution in [2.75, 3.05) is 19.6 Å². The number of rotatable bonds is 9. The molecule has 1 aromatic heterocycles. The molecule has 6 rings (SSSR count). The van der Waals surface area contributed by atoms with Crippen LogP contribution in [0.1, 0.15) is 41.1 Å². The van der Waals surface area contributed by atoms with Gasteiger partial charge in [-0.2, -0.15) is 0 Å². The fraction of sp³-hybridized carbons (Fsp3) is 0.333. The number of phenolic OH excluding ortho intramolecular Hbond substituents is 1. The molecule has 2 unspecified atom stereocenters. The van der Waals surface area contributed by atoms with Crippen molar-refractivity contribution in [2.45, 2.75) is 50.5 Å². The van der Waals surface area contributed by atoms with E-state index in [4.69, 9.17) is 0 Å². The van der Waals surface area contributed by atoms with Crippen LogP contribution < -0.4 is 5.32 Å². The van der Waals surface area contributed by atoms with Gasteiger partial charge in [0.15, 0.2) is 0 Å². The lowest BCUT2D eigenvalue weighted by molar-refractivity contribution is -0.189. The molecule has 0 radical (unpaired) electrons. The number of hydrazine groups is 1. The van der Waals surface area contributed by atoms with Gasteiger partial charge in [0.25, 0.3) is 0 Å². The number of urea groups is 1. The molecule has 2 aliphatic heterocycles. The normalized spacial score (nSPS) is 20.6. The summed E-state index contributed by atoms with van der Waals surface area (Å²) < 4.78 is 0. The average molecular weight is 581 g/mol. The Labute approximate surface area is 251 Å². The van der Waals surface area contributed by atoms with Crippen LogP contribution >= 0.6 is 0 Å². The minimum Gasteiger partial charge on any atom is -0.508 e. The van der Waals surface area contributed by atoms with Crippen molar-refractivity contribution in [3.8, 4) is 5.75 Å². The number of hydrogen-bond acceptors (Lipinski definition) is 6. The van der Waals surface area contributed by atoms with Crippen LogP contribution in [0.15, 0.2) is 85.6 Å². The van der Waals surface area contributed by atoms with Gasteiger partial charge in [0.1, 0.15) is 18.0 Å². The smallest absolute Gasteiger partial charge is 0.334 e. The molecule has 0 bridgehead atoms. The molecule has 2 aromatic carbocycles. The van der Waals surface area contributed by atoms with Gasteiger partial charge in [-0.25, -0.2) is 14.8 Å². The third-order valence-corrected chi connectivity index (χ3v) is 8.28. The van der Waals surface area contributed by atoms with Crippen molar-refractivity contribution >= 4 is 17.8 Å². The number of piperazine rings is 1. The summed E-state index contributed by atoms with van der Waals surface area (Å²) in [5, 5.41) is 16.1. The second-order valence-electron chi connectivity index (χ2n) is 11.3. The molecule has 3 aromatic rings. The summed E-state index contributed by atoms with van der Waals surface area (Å²) in [6.45, 7) is 4.89. The van der Waals surface area contributed by atoms with E-state index in [1.165, 1.54) is 0 Å². The molecule has 3 heterocycles. The lowest BCUT2D eigenvalue weighted by Crippen LogP contribution is -2.76. The lowest BCUT2D eigenvalue weighted by Gasteiger charge is -2.55. The molecule has 2 N–H and O–H groups in total. The molecular formula is C33H36N6O4. The van der Waals surface area contributed by atoms with E-state index >= 15 is 0 Å². The van der Waals surface area contributed by atoms with Crippen molar-refractivity contribution in [2.24, 2.45) is 0 Å². The zero-order valence-electron chi connectivity index (χ0n) is 24.0. The number of aromatic hydroxyl groups is 1. The van der Waals surface area contributed by atoms with Gasteiger partial charge < -0.3 is 20.2 Å². The predicted molar refractivity (Wildman–Crippen MR) is 160 cm³/mol. The molecule has 4 amide bonds. The first-order chi connectivity index (χ1) is 20.9. The van der Waals surface area contributed by atoms with Gasteiger partial charge in [0.2, 0.25) is 11.8 Å². The average Bonchev–Trinajstić information content (AvgIpc) is 3.86. The van der Waals surface area contributed by atoms with Crippen molar-refractivity contribution in [3.63, 3.8) is 0 Å². The number of carbonyl (C=O) groups excluding carboxylic acids is 3. The van der Waals surface area contributed by atoms with Crippen LogP contribution in [0.5, 0.6) is 5.75 Å². The number of carbonyl (C=O) groups is 3. The number of aromatic nitrogens is 1. The Balaban J connectivity index is 1.35. The minimum absolute atomic E-state index is 0.0604. The lowest BCUT2D eigenvalue weighted by atomic mass is 9.98. The zero-order chi connectivity index (χ0) is 29.9. The topological polar surface area (TPSA) is 109 Å². The minimum atomic E-state index is -0.827. The van der Waals surface area contributed by atoms with Crippen molar-refractivity contribution in [1.82, 2.24) is 30.1 Å². The molecule has 10 heteroatoms. The van der Waals surface area contributed by atoms with Gasteiger partial charge in [-0.05, 0) is 47.7 Å². The van der Waals surface area contributed by atoms with E-state index in [1.807, 2.05) is 42.5 Å². The second-order valence-corrected chi connectivity index (χ2v) is 11.3. The maximum atomic E-state index is 14.2. The summed E-state index contributed by atoms with van der Waals surface area (Å²) in [6.07, 6.45) is 5.14. The molecule has 1 saturated carbocycles. The Morgan fingerprint density at radius 3 is 2.51 bits per heavy atom. The van der Waals surface area contributed by atoms with Gasteiger partial charge in [-0.3, -0.25) is 14.6 Å². The Kier molecular flexibility index (Phi) is 8.11. The highest BCUT2D eigenvalue weighted by atomic mass is 16.3. The summed E-state index contributed by atoms with van der Waals surface area (Å²) in [5.41, 5.74) is 3.75. The first-order valence-electron chi connectivity index (χ1n) is 14.7. The van der Waals surface area contributed by atoms with Gasteiger partial charge in [-0.15, -0.1) is 6.58 Å². The summed E-state index contributed by atoms with van der Waals surface area (Å²) in [5.74, 6) is 0.124. The summed E-state index contributed by atoms with van der Waals surface area (Å²) in [6, 6.07) is 19.0. The predicted octanol–water partition coefficient (Wildman–Crippen LogP) is 3.40. The highest BCUT2D eigenvalue weighted by molar-refractivity contribution is 5.91. The molecule has 10 nitrogen and oxygen atoms in total. The second kappa shape index (κ2) is 12.3. The number of amides is 4. The summed E-state index contributed by atoms with van der Waals surface area (Å²) in [7, 11) is 0. The standard InChI is InChI=1S/C33H36N6O4/c1-2-17-37-22-30(41)38-28(18-23-10-14-27(40)15-11-23)32(42)36(20-26-9-6-16-34-31(26)25-12-13-25)21-29(38)39(37)33(43)35-19-24-7-4-3-5-8-24/h2-11,14-16,25,28-29,40H,1,12-13,17-22H2,(H,35,43). The van der Waals surface area contributed by atoms with Crippen molar-refractivity contribution < 1.29 is 19.5 Å². The van der Waals surface area contributed by atoms with Gasteiger partial charge in [-0.1, -0.05) is 54.6 Å². The number of nitrogens with zero attached hydrogens (tertiary/aromatic N) is 5. The quantitative estimate of drug-likeness (QED) is 0.376. The van der Waals surface area contributed by atoms with Crippen molar-refractivity contribution in [1.29, 1.82) is 0 Å². The van der Waals surface area contributed by atoms with E-state index < -0.39 is 12.2 Å². The van der Waals surface area contributed by atoms with E-state index in [1.54, 1.807) is 56.4 Å². The molecule has 2 saturated heterocycles. The molecule has 222 valence electrons. The maximum Gasteiger partial charge on any atom is 0.334 e. The van der Waals surface area contributed by atoms with E-state index in [0.29, 0.717) is 25.6 Å². The third kappa shape index (κ3) is 6.10. The fourth-order valence-electron chi connectivity index (χ4n) is 6.07. The Hall–Kier alpha value is -4.70. The van der Waals surface area contributed by atoms with Crippen LogP contribution in [0.2, 0.25) is 0 Å². The molecule has 2 atom stereocenters. The third-order valence-electron chi connectivity index (χ3n) is 8.28. The van der Waals surface area contributed by atoms with E-state index in [9.17, 15) is 19.5 Å². The van der Waals surface area contributed by atoms with E-state index in [0.717, 1.165) is 35.2 Å². The van der Waals surface area contributed by atoms with Crippen LogP contribution in [-0.2, 0) is 29.1 Å². The molecular weight excluding hydrogens is 544 g/mol. The fourth-order valence-corrected chi connectivity index (χ4v) is 6.07. The van der Waals surface area contributed by atoms with Gasteiger partial charge in [0.05, 0.1) is 13.1 Å². The van der Waals surface area contributed by atoms with Crippen LogP contribution in [-0.4, -0.2) is 79.6 Å². The summed E-state index contributed by atoms with van der Waals surface area (Å²) >= 11 is 0. The first kappa shape index (κ1) is 28.4. The largest absolute Gasteiger partial charge is 0.508 e. The van der Waals surface area contributed by atoms with Gasteiger partial charge >= 0.3 is 6.03 Å². The zero-order valence-corrected chi connectivity index (χ0v) is 24.0. The Morgan fingerprint density at radius 1 is 1.02 bits per heavy atom. The number of nitrogens with one attached hydrogen (secondary N) is 1. The van der Waals surface area contributed by atoms with Crippen LogP contribution in [0, 0.1) is 0 Å². The van der Waals surface area contributed by atoms with Gasteiger partial charge in [0, 0.05) is 43.9 Å². The molecule has 1 aliphatic carbocycles. The first-order valence-corrected chi connectivity index (χ1v) is 14.7. The number of fused-ring (bicyclic) bond motifs is 1.